The molecule has 1 N–H and O–H groups in total. The molecule has 0 heterocycles. The fourth-order valence-electron chi connectivity index (χ4n) is 2.37. The topological polar surface area (TPSA) is 46.5 Å². The van der Waals surface area contributed by atoms with E-state index in [0.717, 1.165) is 32.1 Å². The van der Waals surface area contributed by atoms with Crippen molar-refractivity contribution in [1.29, 1.82) is 0 Å². The molecule has 0 rings (SSSR count). The molecular formula is C18H36O3. The second-order valence-corrected chi connectivity index (χ2v) is 6.05. The van der Waals surface area contributed by atoms with E-state index in [9.17, 15) is 9.90 Å². The van der Waals surface area contributed by atoms with Crippen LogP contribution in [-0.2, 0) is 9.53 Å². The zero-order valence-corrected chi connectivity index (χ0v) is 14.2. The fourth-order valence-corrected chi connectivity index (χ4v) is 2.37. The molecule has 0 aliphatic rings. The zero-order valence-electron chi connectivity index (χ0n) is 14.2. The summed E-state index contributed by atoms with van der Waals surface area (Å²) in [5.41, 5.74) is 0. The van der Waals surface area contributed by atoms with Crippen LogP contribution >= 0.6 is 0 Å². The minimum Gasteiger partial charge on any atom is -0.466 e. The van der Waals surface area contributed by atoms with Gasteiger partial charge in [-0.05, 0) is 12.8 Å². The number of carbonyl (C=O) groups is 1. The maximum absolute atomic E-state index is 11.4. The van der Waals surface area contributed by atoms with Crippen molar-refractivity contribution in [3.63, 3.8) is 0 Å². The molecule has 0 spiro atoms. The fraction of sp³-hybridized carbons (Fsp3) is 0.944. The van der Waals surface area contributed by atoms with E-state index in [1.807, 2.05) is 0 Å². The Morgan fingerprint density at radius 2 is 1.38 bits per heavy atom. The number of esters is 1. The lowest BCUT2D eigenvalue weighted by Gasteiger charge is -2.10. The Bertz CT molecular complexity index is 229. The van der Waals surface area contributed by atoms with Crippen molar-refractivity contribution >= 4 is 5.97 Å². The summed E-state index contributed by atoms with van der Waals surface area (Å²) < 4.78 is 5.05. The quantitative estimate of drug-likeness (QED) is 0.342. The highest BCUT2D eigenvalue weighted by Crippen LogP contribution is 2.12. The molecule has 1 atom stereocenters. The van der Waals surface area contributed by atoms with Crippen molar-refractivity contribution in [2.45, 2.75) is 103 Å². The highest BCUT2D eigenvalue weighted by Gasteiger charge is 2.11. The molecule has 0 unspecified atom stereocenters. The highest BCUT2D eigenvalue weighted by atomic mass is 16.5. The lowest BCUT2D eigenvalue weighted by Crippen LogP contribution is -2.16. The maximum atomic E-state index is 11.4. The number of carbonyl (C=O) groups excluding carboxylic acids is 1. The lowest BCUT2D eigenvalue weighted by molar-refractivity contribution is -0.146. The molecule has 0 radical (unpaired) electrons. The Labute approximate surface area is 131 Å². The first-order chi connectivity index (χ1) is 10.2. The van der Waals surface area contributed by atoms with Gasteiger partial charge in [0.1, 0.15) is 0 Å². The summed E-state index contributed by atoms with van der Waals surface area (Å²) in [6, 6.07) is 0. The van der Waals surface area contributed by atoms with Crippen LogP contribution < -0.4 is 0 Å². The summed E-state index contributed by atoms with van der Waals surface area (Å²) in [4.78, 5) is 11.4. The Morgan fingerprint density at radius 3 is 1.95 bits per heavy atom. The number of hydrogen-bond donors (Lipinski definition) is 1. The predicted octanol–water partition coefficient (Wildman–Crippen LogP) is 5.00. The molecule has 126 valence electrons. The molecule has 3 nitrogen and oxygen atoms in total. The first-order valence-electron chi connectivity index (χ1n) is 9.04. The predicted molar refractivity (Wildman–Crippen MR) is 88.3 cm³/mol. The van der Waals surface area contributed by atoms with Crippen molar-refractivity contribution < 1.29 is 14.6 Å². The van der Waals surface area contributed by atoms with E-state index in [-0.39, 0.29) is 12.4 Å². The van der Waals surface area contributed by atoms with Crippen LogP contribution in [0.4, 0.5) is 0 Å². The van der Waals surface area contributed by atoms with Crippen molar-refractivity contribution in [2.24, 2.45) is 0 Å². The summed E-state index contributed by atoms with van der Waals surface area (Å²) >= 11 is 0. The van der Waals surface area contributed by atoms with E-state index in [4.69, 9.17) is 4.74 Å². The molecule has 0 bridgehead atoms. The zero-order chi connectivity index (χ0) is 15.8. The van der Waals surface area contributed by atoms with E-state index >= 15 is 0 Å². The Kier molecular flexibility index (Phi) is 15.4. The average Bonchev–Trinajstić information content (AvgIpc) is 2.45. The van der Waals surface area contributed by atoms with Gasteiger partial charge in [-0.25, -0.2) is 0 Å². The molecule has 0 aromatic heterocycles. The molecule has 0 fully saturated rings. The molecule has 0 aromatic carbocycles. The van der Waals surface area contributed by atoms with Gasteiger partial charge in [-0.15, -0.1) is 0 Å². The van der Waals surface area contributed by atoms with E-state index in [1.54, 1.807) is 0 Å². The van der Waals surface area contributed by atoms with Gasteiger partial charge in [-0.2, -0.15) is 0 Å². The first-order valence-corrected chi connectivity index (χ1v) is 9.04. The third kappa shape index (κ3) is 15.6. The highest BCUT2D eigenvalue weighted by molar-refractivity contribution is 5.69. The second kappa shape index (κ2) is 15.8. The van der Waals surface area contributed by atoms with Crippen molar-refractivity contribution in [3.8, 4) is 0 Å². The maximum Gasteiger partial charge on any atom is 0.308 e. The Hall–Kier alpha value is -0.570. The number of aliphatic hydroxyl groups is 1. The van der Waals surface area contributed by atoms with Gasteiger partial charge < -0.3 is 9.84 Å². The van der Waals surface area contributed by atoms with E-state index in [0.29, 0.717) is 6.61 Å². The lowest BCUT2D eigenvalue weighted by atomic mass is 10.0. The SMILES string of the molecule is CCCCCCCCCCC[C@H](O)CC(=O)OCCCC. The summed E-state index contributed by atoms with van der Waals surface area (Å²) in [5.74, 6) is -0.258. The van der Waals surface area contributed by atoms with Gasteiger partial charge in [-0.3, -0.25) is 4.79 Å². The van der Waals surface area contributed by atoms with Gasteiger partial charge in [0.25, 0.3) is 0 Å². The number of aliphatic hydroxyl groups excluding tert-OH is 1. The molecule has 21 heavy (non-hydrogen) atoms. The van der Waals surface area contributed by atoms with Crippen molar-refractivity contribution in [1.82, 2.24) is 0 Å². The number of unbranched alkanes of at least 4 members (excludes halogenated alkanes) is 9. The van der Waals surface area contributed by atoms with Crippen LogP contribution in [-0.4, -0.2) is 23.8 Å². The summed E-state index contributed by atoms with van der Waals surface area (Å²) in [6.45, 7) is 4.79. The van der Waals surface area contributed by atoms with Crippen LogP contribution in [0.2, 0.25) is 0 Å². The molecule has 0 amide bonds. The Morgan fingerprint density at radius 1 is 0.857 bits per heavy atom. The summed E-state index contributed by atoms with van der Waals surface area (Å²) in [7, 11) is 0. The van der Waals surface area contributed by atoms with E-state index in [2.05, 4.69) is 13.8 Å². The number of ether oxygens (including phenoxy) is 1. The summed E-state index contributed by atoms with van der Waals surface area (Å²) in [5, 5.41) is 9.78. The molecule has 3 heteroatoms. The van der Waals surface area contributed by atoms with Gasteiger partial charge in [0.2, 0.25) is 0 Å². The normalized spacial score (nSPS) is 12.3. The minimum absolute atomic E-state index is 0.154. The standard InChI is InChI=1S/C18H36O3/c1-3-5-7-8-9-10-11-12-13-14-17(19)16-18(20)21-15-6-4-2/h17,19H,3-16H2,1-2H3/t17-/m0/s1. The molecular weight excluding hydrogens is 264 g/mol. The minimum atomic E-state index is -0.524. The molecule has 0 aliphatic carbocycles. The third-order valence-corrected chi connectivity index (χ3v) is 3.80. The average molecular weight is 300 g/mol. The molecule has 0 saturated heterocycles. The van der Waals surface area contributed by atoms with Gasteiger partial charge >= 0.3 is 5.97 Å². The second-order valence-electron chi connectivity index (χ2n) is 6.05. The molecule has 0 aliphatic heterocycles. The van der Waals surface area contributed by atoms with Crippen molar-refractivity contribution in [3.05, 3.63) is 0 Å². The van der Waals surface area contributed by atoms with E-state index < -0.39 is 6.10 Å². The van der Waals surface area contributed by atoms with Crippen LogP contribution in [0.1, 0.15) is 97.3 Å². The molecule has 0 saturated carbocycles. The van der Waals surface area contributed by atoms with Gasteiger partial charge in [0.05, 0.1) is 19.1 Å². The van der Waals surface area contributed by atoms with Crippen LogP contribution in [0.5, 0.6) is 0 Å². The third-order valence-electron chi connectivity index (χ3n) is 3.80. The van der Waals surface area contributed by atoms with Gasteiger partial charge in [0, 0.05) is 0 Å². The largest absolute Gasteiger partial charge is 0.466 e. The smallest absolute Gasteiger partial charge is 0.308 e. The van der Waals surface area contributed by atoms with Crippen LogP contribution in [0, 0.1) is 0 Å². The Balaban J connectivity index is 3.29. The van der Waals surface area contributed by atoms with Crippen LogP contribution in [0.15, 0.2) is 0 Å². The van der Waals surface area contributed by atoms with E-state index in [1.165, 1.54) is 44.9 Å². The van der Waals surface area contributed by atoms with Crippen LogP contribution in [0.25, 0.3) is 0 Å². The summed E-state index contributed by atoms with van der Waals surface area (Å²) in [6.07, 6.45) is 13.7. The van der Waals surface area contributed by atoms with Crippen molar-refractivity contribution in [2.75, 3.05) is 6.61 Å². The monoisotopic (exact) mass is 300 g/mol. The first kappa shape index (κ1) is 20.4. The number of rotatable bonds is 15. The van der Waals surface area contributed by atoms with Gasteiger partial charge in [0.15, 0.2) is 0 Å². The van der Waals surface area contributed by atoms with Gasteiger partial charge in [-0.1, -0.05) is 78.1 Å². The molecule has 0 aromatic rings. The number of hydrogen-bond acceptors (Lipinski definition) is 3. The van der Waals surface area contributed by atoms with Crippen LogP contribution in [0.3, 0.4) is 0 Å².